The monoisotopic (exact) mass is 248 g/mol. The Morgan fingerprint density at radius 1 is 0.500 bits per heavy atom. The Balaban J connectivity index is 2.29. The van der Waals surface area contributed by atoms with E-state index in [1.165, 1.54) is 0 Å². The summed E-state index contributed by atoms with van der Waals surface area (Å²) in [5.41, 5.74) is 21.4. The third-order valence-electron chi connectivity index (χ3n) is 1.55. The summed E-state index contributed by atoms with van der Waals surface area (Å²) >= 11 is 0. The fourth-order valence-electron chi connectivity index (χ4n) is 0.973. The van der Waals surface area contributed by atoms with E-state index in [4.69, 9.17) is 22.9 Å². The second-order valence-corrected chi connectivity index (χ2v) is 2.90. The number of aromatic nitrogens is 6. The molecule has 2 aromatic heterocycles. The van der Waals surface area contributed by atoms with Gasteiger partial charge in [0.2, 0.25) is 23.8 Å². The second kappa shape index (κ2) is 4.36. The molecule has 18 heavy (non-hydrogen) atoms. The van der Waals surface area contributed by atoms with Crippen LogP contribution in [0.2, 0.25) is 0 Å². The van der Waals surface area contributed by atoms with Gasteiger partial charge in [0, 0.05) is 0 Å². The minimum Gasteiger partial charge on any atom is -0.368 e. The van der Waals surface area contributed by atoms with Crippen molar-refractivity contribution < 1.29 is 0 Å². The fraction of sp³-hybridized carbons (Fsp3) is 0. The zero-order chi connectivity index (χ0) is 13.1. The third kappa shape index (κ3) is 2.69. The Kier molecular flexibility index (Phi) is 2.74. The number of hydrogen-bond acceptors (Lipinski definition) is 12. The number of nitrogen functional groups attached to an aromatic ring is 4. The van der Waals surface area contributed by atoms with E-state index in [9.17, 15) is 0 Å². The smallest absolute Gasteiger partial charge is 0.275 e. The van der Waals surface area contributed by atoms with Crippen LogP contribution in [-0.4, -0.2) is 29.9 Å². The Morgan fingerprint density at radius 2 is 0.778 bits per heavy atom. The summed E-state index contributed by atoms with van der Waals surface area (Å²) in [6.45, 7) is 0. The van der Waals surface area contributed by atoms with Crippen LogP contribution in [0.25, 0.3) is 0 Å². The van der Waals surface area contributed by atoms with Gasteiger partial charge in [-0.2, -0.15) is 29.9 Å². The summed E-state index contributed by atoms with van der Waals surface area (Å²) < 4.78 is 0. The number of nitrogens with two attached hydrogens (primary N) is 4. The van der Waals surface area contributed by atoms with Crippen LogP contribution in [0.4, 0.5) is 35.7 Å². The lowest BCUT2D eigenvalue weighted by atomic mass is 10.8. The van der Waals surface area contributed by atoms with Gasteiger partial charge in [-0.05, 0) is 0 Å². The molecule has 0 aromatic carbocycles. The van der Waals surface area contributed by atoms with Gasteiger partial charge in [-0.1, -0.05) is 0 Å². The standard InChI is InChI=1S/C6H8N12/c7-1-11-2(8)14-5(13-1)17-18-6-15-3(9)12-4(10)16-6/h(H4,7,8,11,13,14)(H4,9,10,12,15,16)/b18-17+. The van der Waals surface area contributed by atoms with Gasteiger partial charge in [-0.25, -0.2) is 0 Å². The molecule has 12 nitrogen and oxygen atoms in total. The van der Waals surface area contributed by atoms with Gasteiger partial charge in [-0.15, -0.1) is 10.2 Å². The highest BCUT2D eigenvalue weighted by Gasteiger charge is 2.02. The Labute approximate surface area is 99.6 Å². The van der Waals surface area contributed by atoms with E-state index in [1.807, 2.05) is 0 Å². The van der Waals surface area contributed by atoms with E-state index in [1.54, 1.807) is 0 Å². The second-order valence-electron chi connectivity index (χ2n) is 2.90. The molecule has 0 unspecified atom stereocenters. The topological polar surface area (TPSA) is 206 Å². The molecule has 8 N–H and O–H groups in total. The minimum absolute atomic E-state index is 0.0777. The first kappa shape index (κ1) is 11.3. The summed E-state index contributed by atoms with van der Waals surface area (Å²) in [6.07, 6.45) is 0. The van der Waals surface area contributed by atoms with Crippen molar-refractivity contribution in [2.24, 2.45) is 10.2 Å². The molecule has 0 saturated carbocycles. The quantitative estimate of drug-likeness (QED) is 0.466. The zero-order valence-corrected chi connectivity index (χ0v) is 8.89. The van der Waals surface area contributed by atoms with Crippen molar-refractivity contribution in [1.82, 2.24) is 29.9 Å². The van der Waals surface area contributed by atoms with Crippen LogP contribution in [0, 0.1) is 0 Å². The molecule has 2 rings (SSSR count). The first-order chi connectivity index (χ1) is 8.52. The highest BCUT2D eigenvalue weighted by molar-refractivity contribution is 5.35. The van der Waals surface area contributed by atoms with Crippen LogP contribution < -0.4 is 22.9 Å². The molecule has 92 valence electrons. The Hall–Kier alpha value is -3.18. The predicted octanol–water partition coefficient (Wildman–Crippen LogP) is -1.20. The highest BCUT2D eigenvalue weighted by Crippen LogP contribution is 2.13. The maximum absolute atomic E-state index is 5.35. The number of hydrogen-bond donors (Lipinski definition) is 4. The first-order valence-corrected chi connectivity index (χ1v) is 4.49. The SMILES string of the molecule is Nc1nc(N)nc(/N=N/c2nc(N)nc(N)n2)n1. The van der Waals surface area contributed by atoms with E-state index < -0.39 is 0 Å². The number of nitrogens with zero attached hydrogens (tertiary/aromatic N) is 8. The van der Waals surface area contributed by atoms with Crippen molar-refractivity contribution in [3.05, 3.63) is 0 Å². The lowest BCUT2D eigenvalue weighted by Crippen LogP contribution is -2.02. The highest BCUT2D eigenvalue weighted by atomic mass is 15.3. The minimum atomic E-state index is -0.0856. The van der Waals surface area contributed by atoms with Crippen LogP contribution in [0.15, 0.2) is 10.2 Å². The number of anilines is 4. The summed E-state index contributed by atoms with van der Waals surface area (Å²) in [5.74, 6) is -0.482. The maximum Gasteiger partial charge on any atom is 0.275 e. The van der Waals surface area contributed by atoms with Crippen molar-refractivity contribution in [3.63, 3.8) is 0 Å². The van der Waals surface area contributed by atoms with Gasteiger partial charge >= 0.3 is 0 Å². The molecule has 0 amide bonds. The van der Waals surface area contributed by atoms with Crippen LogP contribution in [-0.2, 0) is 0 Å². The fourth-order valence-corrected chi connectivity index (χ4v) is 0.973. The van der Waals surface area contributed by atoms with Gasteiger partial charge in [-0.3, -0.25) is 0 Å². The zero-order valence-electron chi connectivity index (χ0n) is 8.89. The van der Waals surface area contributed by atoms with E-state index in [-0.39, 0.29) is 35.7 Å². The van der Waals surface area contributed by atoms with Crippen molar-refractivity contribution >= 4 is 35.7 Å². The molecule has 0 fully saturated rings. The predicted molar refractivity (Wildman–Crippen MR) is 61.5 cm³/mol. The van der Waals surface area contributed by atoms with E-state index >= 15 is 0 Å². The van der Waals surface area contributed by atoms with E-state index in [2.05, 4.69) is 40.1 Å². The lowest BCUT2D eigenvalue weighted by molar-refractivity contribution is 0.980. The average Bonchev–Trinajstić information content (AvgIpc) is 2.23. The molecular formula is C6H8N12. The average molecular weight is 248 g/mol. The summed E-state index contributed by atoms with van der Waals surface area (Å²) in [6, 6.07) is 0. The maximum atomic E-state index is 5.35. The molecule has 0 aliphatic heterocycles. The number of rotatable bonds is 2. The molecule has 2 heterocycles. The molecule has 0 radical (unpaired) electrons. The van der Waals surface area contributed by atoms with Crippen LogP contribution in [0.3, 0.4) is 0 Å². The van der Waals surface area contributed by atoms with Gasteiger partial charge in [0.15, 0.2) is 0 Å². The molecule has 2 aromatic rings. The molecule has 0 aliphatic carbocycles. The van der Waals surface area contributed by atoms with E-state index in [0.717, 1.165) is 0 Å². The van der Waals surface area contributed by atoms with Crippen LogP contribution in [0.5, 0.6) is 0 Å². The number of azo groups is 1. The summed E-state index contributed by atoms with van der Waals surface area (Å²) in [4.78, 5) is 21.8. The summed E-state index contributed by atoms with van der Waals surface area (Å²) in [5, 5.41) is 7.24. The van der Waals surface area contributed by atoms with Crippen molar-refractivity contribution in [2.75, 3.05) is 22.9 Å². The van der Waals surface area contributed by atoms with Gasteiger partial charge < -0.3 is 22.9 Å². The van der Waals surface area contributed by atoms with Gasteiger partial charge in [0.05, 0.1) is 0 Å². The molecule has 0 atom stereocenters. The first-order valence-electron chi connectivity index (χ1n) is 4.49. The molecule has 0 saturated heterocycles. The van der Waals surface area contributed by atoms with Crippen molar-refractivity contribution in [3.8, 4) is 0 Å². The molecule has 0 bridgehead atoms. The lowest BCUT2D eigenvalue weighted by Gasteiger charge is -1.96. The molecule has 0 aliphatic rings. The van der Waals surface area contributed by atoms with Gasteiger partial charge in [0.1, 0.15) is 0 Å². The third-order valence-corrected chi connectivity index (χ3v) is 1.55. The van der Waals surface area contributed by atoms with Crippen molar-refractivity contribution in [1.29, 1.82) is 0 Å². The van der Waals surface area contributed by atoms with Gasteiger partial charge in [0.25, 0.3) is 11.9 Å². The summed E-state index contributed by atoms with van der Waals surface area (Å²) in [7, 11) is 0. The Morgan fingerprint density at radius 3 is 1.06 bits per heavy atom. The molecule has 0 spiro atoms. The largest absolute Gasteiger partial charge is 0.368 e. The Bertz CT molecular complexity index is 512. The molecule has 12 heteroatoms. The van der Waals surface area contributed by atoms with Crippen LogP contribution in [0.1, 0.15) is 0 Å². The van der Waals surface area contributed by atoms with Crippen LogP contribution >= 0.6 is 0 Å². The van der Waals surface area contributed by atoms with E-state index in [0.29, 0.717) is 0 Å². The molecular weight excluding hydrogens is 240 g/mol. The normalized spacial score (nSPS) is 10.9. The van der Waals surface area contributed by atoms with Crippen molar-refractivity contribution in [2.45, 2.75) is 0 Å².